The van der Waals surface area contributed by atoms with Crippen LogP contribution in [0, 0.1) is 12.3 Å². The molecule has 7 nitrogen and oxygen atoms in total. The van der Waals surface area contributed by atoms with E-state index in [4.69, 9.17) is 5.73 Å². The number of anilines is 1. The van der Waals surface area contributed by atoms with E-state index < -0.39 is 0 Å². The first-order valence-electron chi connectivity index (χ1n) is 8.46. The second kappa shape index (κ2) is 8.40. The van der Waals surface area contributed by atoms with E-state index in [1.165, 1.54) is 19.3 Å². The number of amides is 1. The molecule has 136 valence electrons. The smallest absolute Gasteiger partial charge is 0.224 e. The van der Waals surface area contributed by atoms with E-state index in [0.717, 1.165) is 29.8 Å². The van der Waals surface area contributed by atoms with Gasteiger partial charge in [0.1, 0.15) is 6.33 Å². The van der Waals surface area contributed by atoms with Crippen LogP contribution >= 0.6 is 12.4 Å². The van der Waals surface area contributed by atoms with Crippen LogP contribution in [0.4, 0.5) is 5.69 Å². The van der Waals surface area contributed by atoms with Crippen molar-refractivity contribution in [3.05, 3.63) is 30.1 Å². The monoisotopic (exact) mass is 364 g/mol. The van der Waals surface area contributed by atoms with E-state index in [0.29, 0.717) is 13.0 Å². The molecule has 8 heteroatoms. The number of hydrogen-bond acceptors (Lipinski definition) is 5. The molecular formula is C17H25ClN6O. The zero-order valence-corrected chi connectivity index (χ0v) is 15.3. The summed E-state index contributed by atoms with van der Waals surface area (Å²) in [6.07, 6.45) is 7.69. The summed E-state index contributed by atoms with van der Waals surface area (Å²) in [5.74, 6) is 0.0221. The van der Waals surface area contributed by atoms with Crippen molar-refractivity contribution in [2.45, 2.75) is 45.4 Å². The van der Waals surface area contributed by atoms with E-state index in [1.54, 1.807) is 11.0 Å². The fourth-order valence-electron chi connectivity index (χ4n) is 3.51. The van der Waals surface area contributed by atoms with Crippen LogP contribution < -0.4 is 11.1 Å². The molecule has 0 saturated heterocycles. The Kier molecular flexibility index (Phi) is 6.50. The van der Waals surface area contributed by atoms with Crippen molar-refractivity contribution in [2.24, 2.45) is 11.1 Å². The maximum atomic E-state index is 12.5. The number of nitrogens with zero attached hydrogens (tertiary/aromatic N) is 4. The minimum atomic E-state index is -0.0360. The van der Waals surface area contributed by atoms with Crippen LogP contribution in [0.25, 0.3) is 5.69 Å². The second-order valence-electron chi connectivity index (χ2n) is 6.75. The molecule has 1 aliphatic rings. The fourth-order valence-corrected chi connectivity index (χ4v) is 3.51. The Labute approximate surface area is 153 Å². The molecule has 0 aliphatic heterocycles. The summed E-state index contributed by atoms with van der Waals surface area (Å²) in [6, 6.07) is 5.74. The molecule has 1 aromatic carbocycles. The van der Waals surface area contributed by atoms with E-state index in [1.807, 2.05) is 25.1 Å². The Morgan fingerprint density at radius 3 is 2.72 bits per heavy atom. The van der Waals surface area contributed by atoms with Crippen LogP contribution in [0.5, 0.6) is 0 Å². The fraction of sp³-hybridized carbons (Fsp3) is 0.529. The topological polar surface area (TPSA) is 98.7 Å². The molecule has 1 saturated carbocycles. The first-order valence-corrected chi connectivity index (χ1v) is 8.46. The van der Waals surface area contributed by atoms with Gasteiger partial charge < -0.3 is 11.1 Å². The number of halogens is 1. The minimum Gasteiger partial charge on any atom is -0.330 e. The molecule has 3 N–H and O–H groups in total. The van der Waals surface area contributed by atoms with Crippen LogP contribution in [0.1, 0.15) is 44.1 Å². The highest BCUT2D eigenvalue weighted by Crippen LogP contribution is 2.38. The number of aryl methyl sites for hydroxylation is 1. The lowest BCUT2D eigenvalue weighted by molar-refractivity contribution is -0.118. The van der Waals surface area contributed by atoms with Gasteiger partial charge in [0.25, 0.3) is 0 Å². The Hall–Kier alpha value is -1.99. The Bertz CT molecular complexity index is 697. The standard InChI is InChI=1S/C17H24N6O.ClH/c1-13-5-6-14(9-15(13)23-12-19-21-22-23)20-16(24)10-17(11-18)7-3-2-4-8-17;/h5-6,9,12H,2-4,7-8,10-11,18H2,1H3,(H,20,24);1H. The predicted octanol–water partition coefficient (Wildman–Crippen LogP) is 2.63. The first-order chi connectivity index (χ1) is 11.6. The normalized spacial score (nSPS) is 16.1. The SMILES string of the molecule is Cc1ccc(NC(=O)CC2(CN)CCCCC2)cc1-n1cnnn1.Cl. The Morgan fingerprint density at radius 1 is 1.32 bits per heavy atom. The third-order valence-corrected chi connectivity index (χ3v) is 4.97. The molecule has 0 atom stereocenters. The Balaban J connectivity index is 0.00000225. The van der Waals surface area contributed by atoms with Crippen LogP contribution in [-0.2, 0) is 4.79 Å². The summed E-state index contributed by atoms with van der Waals surface area (Å²) in [4.78, 5) is 12.5. The average molecular weight is 365 g/mol. The van der Waals surface area contributed by atoms with Gasteiger partial charge in [-0.15, -0.1) is 17.5 Å². The van der Waals surface area contributed by atoms with Gasteiger partial charge in [-0.3, -0.25) is 4.79 Å². The van der Waals surface area contributed by atoms with Crippen LogP contribution in [0.3, 0.4) is 0 Å². The number of rotatable bonds is 5. The molecule has 0 unspecified atom stereocenters. The number of aromatic nitrogens is 4. The molecule has 0 spiro atoms. The molecule has 1 aromatic heterocycles. The lowest BCUT2D eigenvalue weighted by Gasteiger charge is -2.35. The third kappa shape index (κ3) is 4.55. The lowest BCUT2D eigenvalue weighted by Crippen LogP contribution is -2.36. The molecule has 1 amide bonds. The van der Waals surface area contributed by atoms with Crippen molar-refractivity contribution >= 4 is 24.0 Å². The van der Waals surface area contributed by atoms with Crippen LogP contribution in [0.2, 0.25) is 0 Å². The number of carbonyl (C=O) groups is 1. The number of nitrogens with one attached hydrogen (secondary N) is 1. The van der Waals surface area contributed by atoms with Gasteiger partial charge in [0, 0.05) is 12.1 Å². The summed E-state index contributed by atoms with van der Waals surface area (Å²) < 4.78 is 1.59. The highest BCUT2D eigenvalue weighted by atomic mass is 35.5. The average Bonchev–Trinajstić information content (AvgIpc) is 3.11. The zero-order chi connectivity index (χ0) is 17.0. The van der Waals surface area contributed by atoms with E-state index in [-0.39, 0.29) is 23.7 Å². The maximum Gasteiger partial charge on any atom is 0.224 e. The molecule has 1 heterocycles. The van der Waals surface area contributed by atoms with Gasteiger partial charge in [-0.2, -0.15) is 0 Å². The molecule has 25 heavy (non-hydrogen) atoms. The number of tetrazole rings is 1. The molecule has 0 bridgehead atoms. The van der Waals surface area contributed by atoms with Gasteiger partial charge in [0.05, 0.1) is 5.69 Å². The molecular weight excluding hydrogens is 340 g/mol. The summed E-state index contributed by atoms with van der Waals surface area (Å²) in [5, 5.41) is 14.2. The van der Waals surface area contributed by atoms with Crippen molar-refractivity contribution in [2.75, 3.05) is 11.9 Å². The predicted molar refractivity (Wildman–Crippen MR) is 99.0 cm³/mol. The van der Waals surface area contributed by atoms with Crippen molar-refractivity contribution in [1.82, 2.24) is 20.2 Å². The first kappa shape index (κ1) is 19.3. The van der Waals surface area contributed by atoms with E-state index >= 15 is 0 Å². The minimum absolute atomic E-state index is 0. The van der Waals surface area contributed by atoms with E-state index in [9.17, 15) is 4.79 Å². The largest absolute Gasteiger partial charge is 0.330 e. The second-order valence-corrected chi connectivity index (χ2v) is 6.75. The van der Waals surface area contributed by atoms with Crippen molar-refractivity contribution < 1.29 is 4.79 Å². The van der Waals surface area contributed by atoms with E-state index in [2.05, 4.69) is 20.8 Å². The molecule has 2 aromatic rings. The maximum absolute atomic E-state index is 12.5. The number of benzene rings is 1. The number of carbonyl (C=O) groups excluding carboxylic acids is 1. The summed E-state index contributed by atoms with van der Waals surface area (Å²) in [6.45, 7) is 2.55. The van der Waals surface area contributed by atoms with Crippen molar-refractivity contribution in [3.8, 4) is 5.69 Å². The van der Waals surface area contributed by atoms with Gasteiger partial charge in [0.15, 0.2) is 0 Å². The molecule has 0 radical (unpaired) electrons. The molecule has 3 rings (SSSR count). The number of hydrogen-bond donors (Lipinski definition) is 2. The highest BCUT2D eigenvalue weighted by Gasteiger charge is 2.32. The highest BCUT2D eigenvalue weighted by molar-refractivity contribution is 5.91. The van der Waals surface area contributed by atoms with Crippen LogP contribution in [0.15, 0.2) is 24.5 Å². The third-order valence-electron chi connectivity index (χ3n) is 4.97. The zero-order valence-electron chi connectivity index (χ0n) is 14.4. The number of nitrogens with two attached hydrogens (primary N) is 1. The van der Waals surface area contributed by atoms with Gasteiger partial charge >= 0.3 is 0 Å². The molecule has 1 aliphatic carbocycles. The Morgan fingerprint density at radius 2 is 2.08 bits per heavy atom. The van der Waals surface area contributed by atoms with Gasteiger partial charge in [-0.1, -0.05) is 25.3 Å². The summed E-state index contributed by atoms with van der Waals surface area (Å²) in [5.41, 5.74) is 8.58. The molecule has 1 fully saturated rings. The van der Waals surface area contributed by atoms with Gasteiger partial charge in [0.2, 0.25) is 5.91 Å². The van der Waals surface area contributed by atoms with Crippen LogP contribution in [-0.4, -0.2) is 32.7 Å². The quantitative estimate of drug-likeness (QED) is 0.849. The van der Waals surface area contributed by atoms with Gasteiger partial charge in [-0.25, -0.2) is 4.68 Å². The van der Waals surface area contributed by atoms with Crippen molar-refractivity contribution in [3.63, 3.8) is 0 Å². The lowest BCUT2D eigenvalue weighted by atomic mass is 9.71. The summed E-state index contributed by atoms with van der Waals surface area (Å²) in [7, 11) is 0. The van der Waals surface area contributed by atoms with Gasteiger partial charge in [-0.05, 0) is 59.8 Å². The summed E-state index contributed by atoms with van der Waals surface area (Å²) >= 11 is 0. The van der Waals surface area contributed by atoms with Crippen molar-refractivity contribution in [1.29, 1.82) is 0 Å².